The Kier molecular flexibility index (Phi) is 6.38. The number of non-ortho nitro benzene ring substituents is 1. The highest BCUT2D eigenvalue weighted by atomic mass is 19.1. The fourth-order valence-corrected chi connectivity index (χ4v) is 2.81. The van der Waals surface area contributed by atoms with Crippen LogP contribution in [0.3, 0.4) is 0 Å². The van der Waals surface area contributed by atoms with Gasteiger partial charge in [0.25, 0.3) is 5.69 Å². The molecule has 0 aromatic heterocycles. The van der Waals surface area contributed by atoms with Gasteiger partial charge in [0.05, 0.1) is 18.1 Å². The zero-order valence-electron chi connectivity index (χ0n) is 16.0. The number of nitro groups is 1. The molecule has 2 aromatic rings. The van der Waals surface area contributed by atoms with Crippen LogP contribution in [0.4, 0.5) is 15.8 Å². The van der Waals surface area contributed by atoms with Crippen molar-refractivity contribution in [2.45, 2.75) is 6.61 Å². The highest BCUT2D eigenvalue weighted by Gasteiger charge is 2.20. The van der Waals surface area contributed by atoms with Crippen LogP contribution in [0, 0.1) is 15.9 Å². The topological polar surface area (TPSA) is 111 Å². The third kappa shape index (κ3) is 5.17. The van der Waals surface area contributed by atoms with Crippen molar-refractivity contribution >= 4 is 29.3 Å². The van der Waals surface area contributed by atoms with Crippen molar-refractivity contribution in [3.8, 4) is 5.75 Å². The molecule has 0 spiro atoms. The summed E-state index contributed by atoms with van der Waals surface area (Å²) in [4.78, 5) is 36.2. The van der Waals surface area contributed by atoms with Crippen LogP contribution < -0.4 is 10.1 Å². The van der Waals surface area contributed by atoms with Crippen molar-refractivity contribution in [1.82, 2.24) is 4.90 Å². The maximum atomic E-state index is 13.2. The first-order valence-electron chi connectivity index (χ1n) is 8.84. The Labute approximate surface area is 170 Å². The monoisotopic (exact) mass is 415 g/mol. The molecule has 0 fully saturated rings. The molecule has 1 heterocycles. The molecule has 0 saturated carbocycles. The van der Waals surface area contributed by atoms with Crippen LogP contribution >= 0.6 is 0 Å². The smallest absolute Gasteiger partial charge is 0.270 e. The second-order valence-electron chi connectivity index (χ2n) is 6.48. The number of likely N-dealkylation sites (N-methyl/N-ethyl adjacent to an activating group) is 1. The van der Waals surface area contributed by atoms with Crippen LogP contribution in [0.2, 0.25) is 0 Å². The van der Waals surface area contributed by atoms with Gasteiger partial charge in [-0.25, -0.2) is 4.39 Å². The lowest BCUT2D eigenvalue weighted by molar-refractivity contribution is -0.385. The number of anilines is 1. The molecule has 30 heavy (non-hydrogen) atoms. The van der Waals surface area contributed by atoms with Gasteiger partial charge < -0.3 is 19.7 Å². The van der Waals surface area contributed by atoms with Crippen molar-refractivity contribution in [2.75, 3.05) is 25.7 Å². The van der Waals surface area contributed by atoms with Crippen LogP contribution in [-0.4, -0.2) is 42.0 Å². The highest BCUT2D eigenvalue weighted by Crippen LogP contribution is 2.33. The van der Waals surface area contributed by atoms with Gasteiger partial charge in [-0.05, 0) is 24.3 Å². The van der Waals surface area contributed by atoms with Crippen LogP contribution in [0.15, 0.2) is 42.5 Å². The first-order valence-corrected chi connectivity index (χ1v) is 8.84. The molecule has 156 valence electrons. The SMILES string of the molecule is CN(CC(=O)Nc1cccc(F)c1)C(=O)/C=C/c1cc([N+](=O)[O-])cc2c1OCOC2. The third-order valence-corrected chi connectivity index (χ3v) is 4.21. The first kappa shape index (κ1) is 20.9. The number of hydrogen-bond donors (Lipinski definition) is 1. The van der Waals surface area contributed by atoms with Gasteiger partial charge >= 0.3 is 0 Å². The van der Waals surface area contributed by atoms with E-state index in [2.05, 4.69) is 5.32 Å². The van der Waals surface area contributed by atoms with Gasteiger partial charge in [0.2, 0.25) is 11.8 Å². The van der Waals surface area contributed by atoms with Gasteiger partial charge in [-0.2, -0.15) is 0 Å². The first-order chi connectivity index (χ1) is 14.3. The molecule has 0 atom stereocenters. The molecule has 0 radical (unpaired) electrons. The Hall–Kier alpha value is -3.79. The van der Waals surface area contributed by atoms with Crippen molar-refractivity contribution in [3.05, 3.63) is 69.5 Å². The van der Waals surface area contributed by atoms with Crippen LogP contribution in [0.25, 0.3) is 6.08 Å². The van der Waals surface area contributed by atoms with E-state index in [1.807, 2.05) is 0 Å². The lowest BCUT2D eigenvalue weighted by atomic mass is 10.1. The Morgan fingerprint density at radius 2 is 2.13 bits per heavy atom. The van der Waals surface area contributed by atoms with Crippen molar-refractivity contribution in [3.63, 3.8) is 0 Å². The number of nitrogens with one attached hydrogen (secondary N) is 1. The van der Waals surface area contributed by atoms with Gasteiger partial charge in [-0.1, -0.05) is 6.07 Å². The zero-order valence-corrected chi connectivity index (χ0v) is 16.0. The van der Waals surface area contributed by atoms with Gasteiger partial charge in [0.15, 0.2) is 6.79 Å². The second kappa shape index (κ2) is 9.14. The molecule has 2 aromatic carbocycles. The number of ether oxygens (including phenoxy) is 2. The highest BCUT2D eigenvalue weighted by molar-refractivity contribution is 5.98. The minimum absolute atomic E-state index is 0.000246. The zero-order chi connectivity index (χ0) is 21.7. The minimum Gasteiger partial charge on any atom is -0.467 e. The number of carbonyl (C=O) groups is 2. The van der Waals surface area contributed by atoms with E-state index < -0.39 is 22.6 Å². The fourth-order valence-electron chi connectivity index (χ4n) is 2.81. The summed E-state index contributed by atoms with van der Waals surface area (Å²) >= 11 is 0. The maximum Gasteiger partial charge on any atom is 0.270 e. The lowest BCUT2D eigenvalue weighted by Gasteiger charge is -2.19. The van der Waals surface area contributed by atoms with E-state index in [1.165, 1.54) is 49.5 Å². The van der Waals surface area contributed by atoms with E-state index in [1.54, 1.807) is 0 Å². The largest absolute Gasteiger partial charge is 0.467 e. The standard InChI is InChI=1S/C20H18FN3O6/c1-23(10-18(25)22-16-4-2-3-15(21)9-16)19(26)6-5-13-7-17(24(27)28)8-14-11-29-12-30-20(13)14/h2-9H,10-12H2,1H3,(H,22,25)/b6-5+. The maximum absolute atomic E-state index is 13.2. The van der Waals surface area contributed by atoms with Crippen LogP contribution in [-0.2, 0) is 20.9 Å². The third-order valence-electron chi connectivity index (χ3n) is 4.21. The summed E-state index contributed by atoms with van der Waals surface area (Å²) in [6, 6.07) is 8.04. The Morgan fingerprint density at radius 3 is 2.87 bits per heavy atom. The number of rotatable bonds is 6. The summed E-state index contributed by atoms with van der Waals surface area (Å²) in [5, 5.41) is 13.6. The fraction of sp³-hybridized carbons (Fsp3) is 0.200. The lowest BCUT2D eigenvalue weighted by Crippen LogP contribution is -2.33. The number of fused-ring (bicyclic) bond motifs is 1. The molecule has 0 saturated heterocycles. The predicted molar refractivity (Wildman–Crippen MR) is 105 cm³/mol. The summed E-state index contributed by atoms with van der Waals surface area (Å²) in [6.07, 6.45) is 2.58. The van der Waals surface area contributed by atoms with Gasteiger partial charge in [-0.3, -0.25) is 19.7 Å². The number of nitrogens with zero attached hydrogens (tertiary/aromatic N) is 2. The number of hydrogen-bond acceptors (Lipinski definition) is 6. The van der Waals surface area contributed by atoms with E-state index in [-0.39, 0.29) is 31.3 Å². The van der Waals surface area contributed by atoms with Crippen molar-refractivity contribution in [2.24, 2.45) is 0 Å². The molecule has 1 N–H and O–H groups in total. The molecule has 1 aliphatic heterocycles. The Morgan fingerprint density at radius 1 is 1.33 bits per heavy atom. The average molecular weight is 415 g/mol. The molecule has 3 rings (SSSR count). The summed E-state index contributed by atoms with van der Waals surface area (Å²) in [6.45, 7) is -0.108. The quantitative estimate of drug-likeness (QED) is 0.441. The van der Waals surface area contributed by atoms with Crippen LogP contribution in [0.1, 0.15) is 11.1 Å². The molecule has 0 bridgehead atoms. The number of carbonyl (C=O) groups excluding carboxylic acids is 2. The Bertz CT molecular complexity index is 1020. The molecule has 0 unspecified atom stereocenters. The predicted octanol–water partition coefficient (Wildman–Crippen LogP) is 2.71. The van der Waals surface area contributed by atoms with E-state index in [4.69, 9.17) is 9.47 Å². The molecular weight excluding hydrogens is 397 g/mol. The van der Waals surface area contributed by atoms with Gasteiger partial charge in [0, 0.05) is 42.1 Å². The average Bonchev–Trinajstić information content (AvgIpc) is 2.71. The number of amides is 2. The second-order valence-corrected chi connectivity index (χ2v) is 6.48. The molecule has 1 aliphatic rings. The minimum atomic E-state index is -0.545. The number of nitro benzene ring substituents is 1. The molecule has 2 amide bonds. The summed E-state index contributed by atoms with van der Waals surface area (Å²) in [5.74, 6) is -1.09. The number of halogens is 1. The summed E-state index contributed by atoms with van der Waals surface area (Å²) in [5.41, 5.74) is 0.982. The summed E-state index contributed by atoms with van der Waals surface area (Å²) < 4.78 is 23.7. The summed E-state index contributed by atoms with van der Waals surface area (Å²) in [7, 11) is 1.42. The van der Waals surface area contributed by atoms with Crippen molar-refractivity contribution in [1.29, 1.82) is 0 Å². The van der Waals surface area contributed by atoms with E-state index in [0.29, 0.717) is 16.9 Å². The van der Waals surface area contributed by atoms with E-state index in [9.17, 15) is 24.1 Å². The van der Waals surface area contributed by atoms with Crippen LogP contribution in [0.5, 0.6) is 5.75 Å². The van der Waals surface area contributed by atoms with E-state index >= 15 is 0 Å². The molecule has 10 heteroatoms. The van der Waals surface area contributed by atoms with Crippen molar-refractivity contribution < 1.29 is 28.4 Å². The van der Waals surface area contributed by atoms with E-state index in [0.717, 1.165) is 11.0 Å². The number of benzene rings is 2. The Balaban J connectivity index is 1.68. The molecule has 9 nitrogen and oxygen atoms in total. The molecular formula is C20H18FN3O6. The van der Waals surface area contributed by atoms with Gasteiger partial charge in [-0.15, -0.1) is 0 Å². The molecule has 0 aliphatic carbocycles. The normalized spacial score (nSPS) is 12.7. The van der Waals surface area contributed by atoms with Gasteiger partial charge in [0.1, 0.15) is 11.6 Å².